The monoisotopic (exact) mass is 937 g/mol. The number of carbonyl (C=O) groups excluding carboxylic acids is 2. The van der Waals surface area contributed by atoms with Crippen molar-refractivity contribution in [3.63, 3.8) is 0 Å². The number of unbranched alkanes of at least 4 members (excludes halogenated alkanes) is 10. The van der Waals surface area contributed by atoms with Gasteiger partial charge in [0.1, 0.15) is 55.4 Å². The summed E-state index contributed by atoms with van der Waals surface area (Å²) < 4.78 is 33.5. The van der Waals surface area contributed by atoms with Gasteiger partial charge in [0, 0.05) is 12.8 Å². The van der Waals surface area contributed by atoms with Crippen LogP contribution in [0.2, 0.25) is 0 Å². The summed E-state index contributed by atoms with van der Waals surface area (Å²) in [5.74, 6) is -0.973. The van der Waals surface area contributed by atoms with E-state index in [0.717, 1.165) is 103 Å². The molecule has 0 amide bonds. The molecule has 2 saturated heterocycles. The maximum absolute atomic E-state index is 13.0. The average molecular weight is 937 g/mol. The van der Waals surface area contributed by atoms with Crippen molar-refractivity contribution in [1.82, 2.24) is 0 Å². The lowest BCUT2D eigenvalue weighted by Gasteiger charge is -2.42. The first-order valence-electron chi connectivity index (χ1n) is 24.5. The molecule has 0 aromatic carbocycles. The minimum Gasteiger partial charge on any atom is -0.462 e. The van der Waals surface area contributed by atoms with Crippen LogP contribution in [-0.4, -0.2) is 142 Å². The fraction of sp³-hybridized carbons (Fsp3) is 0.725. The number of esters is 2. The first-order chi connectivity index (χ1) is 32.0. The van der Waals surface area contributed by atoms with Crippen molar-refractivity contribution in [2.75, 3.05) is 26.4 Å². The van der Waals surface area contributed by atoms with Gasteiger partial charge in [0.15, 0.2) is 18.7 Å². The molecular formula is C51H84O15. The van der Waals surface area contributed by atoms with Crippen molar-refractivity contribution >= 4 is 11.9 Å². The molecule has 0 aliphatic carbocycles. The molecule has 0 aromatic rings. The largest absolute Gasteiger partial charge is 0.462 e. The molecule has 0 radical (unpaired) electrons. The normalized spacial score (nSPS) is 26.8. The second-order valence-electron chi connectivity index (χ2n) is 16.9. The third-order valence-corrected chi connectivity index (χ3v) is 11.2. The molecule has 0 saturated carbocycles. The zero-order valence-electron chi connectivity index (χ0n) is 39.6. The number of aliphatic hydroxyl groups excluding tert-OH is 7. The molecule has 2 fully saturated rings. The summed E-state index contributed by atoms with van der Waals surface area (Å²) in [6.45, 7) is 2.30. The van der Waals surface area contributed by atoms with E-state index in [2.05, 4.69) is 86.8 Å². The minimum atomic E-state index is -1.77. The summed E-state index contributed by atoms with van der Waals surface area (Å²) >= 11 is 0. The van der Waals surface area contributed by atoms with Crippen LogP contribution in [0.1, 0.15) is 142 Å². The number of hydrogen-bond donors (Lipinski definition) is 7. The molecular weight excluding hydrogens is 853 g/mol. The third-order valence-electron chi connectivity index (χ3n) is 11.2. The SMILES string of the molecule is CC/C=C\C/C=C\C/C=C\CCCCCCCC(=O)OC[C@H](CO[C@@H]1O[C@H](CO[C@@H]2O[C@H](CO)[C@H](O)C(O)C2O)[C@H](O)C(O)C1O)OC(=O)CCCCCCC/C=C\C/C=C\C/C=C\CC. The van der Waals surface area contributed by atoms with Gasteiger partial charge in [0.2, 0.25) is 0 Å². The summed E-state index contributed by atoms with van der Waals surface area (Å²) in [5.41, 5.74) is 0. The summed E-state index contributed by atoms with van der Waals surface area (Å²) in [6, 6.07) is 0. The summed E-state index contributed by atoms with van der Waals surface area (Å²) in [5, 5.41) is 72.0. The number of carbonyl (C=O) groups is 2. The molecule has 15 nitrogen and oxygen atoms in total. The highest BCUT2D eigenvalue weighted by Crippen LogP contribution is 2.26. The second-order valence-corrected chi connectivity index (χ2v) is 16.9. The van der Waals surface area contributed by atoms with Crippen LogP contribution in [0.15, 0.2) is 72.9 Å². The van der Waals surface area contributed by atoms with Crippen molar-refractivity contribution in [3.05, 3.63) is 72.9 Å². The first kappa shape index (κ1) is 59.1. The highest BCUT2D eigenvalue weighted by molar-refractivity contribution is 5.70. The Labute approximate surface area is 393 Å². The Bertz CT molecular complexity index is 1430. The van der Waals surface area contributed by atoms with Crippen molar-refractivity contribution in [1.29, 1.82) is 0 Å². The smallest absolute Gasteiger partial charge is 0.306 e. The Hall–Kier alpha value is -3.06. The molecule has 2 heterocycles. The van der Waals surface area contributed by atoms with E-state index >= 15 is 0 Å². The number of aliphatic hydroxyl groups is 7. The predicted molar refractivity (Wildman–Crippen MR) is 252 cm³/mol. The lowest BCUT2D eigenvalue weighted by molar-refractivity contribution is -0.332. The third kappa shape index (κ3) is 25.9. The van der Waals surface area contributed by atoms with Crippen LogP contribution in [0.25, 0.3) is 0 Å². The molecule has 0 aromatic heterocycles. The molecule has 378 valence electrons. The standard InChI is InChI=1S/C51H84O15/c1-3-5-7-9-11-13-15-17-19-21-23-25-27-29-31-33-42(53)61-36-39(64-43(54)34-32-30-28-26-24-22-20-18-16-14-12-10-8-6-4-2)37-62-50-49(60)47(58)45(56)41(66-50)38-63-51-48(59)46(57)44(55)40(35-52)65-51/h5-8,11-14,17-20,39-41,44-52,55-60H,3-4,9-10,15-16,21-38H2,1-2H3/b7-5-,8-6-,13-11-,14-12-,19-17-,20-18-/t39-,40-,41-,44+,45+,46?,47?,48?,49?,50-,51-/m1/s1. The number of hydrogen-bond acceptors (Lipinski definition) is 15. The Morgan fingerprint density at radius 3 is 1.42 bits per heavy atom. The van der Waals surface area contributed by atoms with Gasteiger partial charge in [-0.1, -0.05) is 125 Å². The van der Waals surface area contributed by atoms with Gasteiger partial charge in [0.25, 0.3) is 0 Å². The zero-order valence-corrected chi connectivity index (χ0v) is 39.6. The maximum Gasteiger partial charge on any atom is 0.306 e. The van der Waals surface area contributed by atoms with Crippen LogP contribution in [0.4, 0.5) is 0 Å². The molecule has 2 rings (SSSR count). The molecule has 0 bridgehead atoms. The van der Waals surface area contributed by atoms with Gasteiger partial charge in [-0.15, -0.1) is 0 Å². The van der Waals surface area contributed by atoms with Gasteiger partial charge in [-0.2, -0.15) is 0 Å². The quantitative estimate of drug-likeness (QED) is 0.0209. The van der Waals surface area contributed by atoms with Crippen molar-refractivity contribution < 1.29 is 73.8 Å². The molecule has 0 spiro atoms. The van der Waals surface area contributed by atoms with E-state index in [4.69, 9.17) is 28.4 Å². The molecule has 15 heteroatoms. The maximum atomic E-state index is 13.0. The molecule has 2 aliphatic rings. The lowest BCUT2D eigenvalue weighted by atomic mass is 9.98. The lowest BCUT2D eigenvalue weighted by Crippen LogP contribution is -2.61. The van der Waals surface area contributed by atoms with Crippen molar-refractivity contribution in [2.45, 2.75) is 210 Å². The van der Waals surface area contributed by atoms with Gasteiger partial charge < -0.3 is 64.2 Å². The Kier molecular flexibility index (Phi) is 33.9. The summed E-state index contributed by atoms with van der Waals surface area (Å²) in [4.78, 5) is 25.7. The Morgan fingerprint density at radius 2 is 0.909 bits per heavy atom. The van der Waals surface area contributed by atoms with Crippen molar-refractivity contribution in [3.8, 4) is 0 Å². The van der Waals surface area contributed by atoms with Crippen LogP contribution in [0.3, 0.4) is 0 Å². The van der Waals surface area contributed by atoms with Crippen LogP contribution in [-0.2, 0) is 38.0 Å². The van der Waals surface area contributed by atoms with Crippen LogP contribution >= 0.6 is 0 Å². The van der Waals surface area contributed by atoms with Crippen molar-refractivity contribution in [2.24, 2.45) is 0 Å². The summed E-state index contributed by atoms with van der Waals surface area (Å²) in [7, 11) is 0. The molecule has 66 heavy (non-hydrogen) atoms. The first-order valence-corrected chi connectivity index (χ1v) is 24.5. The summed E-state index contributed by atoms with van der Waals surface area (Å²) in [6.07, 6.45) is 26.5. The van der Waals surface area contributed by atoms with Gasteiger partial charge in [0.05, 0.1) is 19.8 Å². The van der Waals surface area contributed by atoms with Crippen LogP contribution in [0.5, 0.6) is 0 Å². The molecule has 11 atom stereocenters. The van der Waals surface area contributed by atoms with E-state index in [0.29, 0.717) is 12.8 Å². The fourth-order valence-electron chi connectivity index (χ4n) is 7.18. The fourth-order valence-corrected chi connectivity index (χ4v) is 7.18. The van der Waals surface area contributed by atoms with Crippen LogP contribution in [0, 0.1) is 0 Å². The van der Waals surface area contributed by atoms with Gasteiger partial charge >= 0.3 is 11.9 Å². The number of ether oxygens (including phenoxy) is 6. The van der Waals surface area contributed by atoms with E-state index in [1.165, 1.54) is 0 Å². The van der Waals surface area contributed by atoms with Gasteiger partial charge in [-0.3, -0.25) is 9.59 Å². The van der Waals surface area contributed by atoms with Gasteiger partial charge in [-0.05, 0) is 77.0 Å². The van der Waals surface area contributed by atoms with Crippen LogP contribution < -0.4 is 0 Å². The van der Waals surface area contributed by atoms with E-state index < -0.39 is 99.3 Å². The number of allylic oxidation sites excluding steroid dienone is 12. The zero-order chi connectivity index (χ0) is 48.2. The van der Waals surface area contributed by atoms with E-state index in [-0.39, 0.29) is 19.4 Å². The highest BCUT2D eigenvalue weighted by Gasteiger charge is 2.47. The Balaban J connectivity index is 1.84. The molecule has 2 aliphatic heterocycles. The van der Waals surface area contributed by atoms with Gasteiger partial charge in [-0.25, -0.2) is 0 Å². The van der Waals surface area contributed by atoms with E-state index in [9.17, 15) is 45.3 Å². The van der Waals surface area contributed by atoms with E-state index in [1.807, 2.05) is 0 Å². The molecule has 4 unspecified atom stereocenters. The predicted octanol–water partition coefficient (Wildman–Crippen LogP) is 6.26. The minimum absolute atomic E-state index is 0.138. The number of rotatable bonds is 36. The Morgan fingerprint density at radius 1 is 0.485 bits per heavy atom. The highest BCUT2D eigenvalue weighted by atomic mass is 16.7. The topological polar surface area (TPSA) is 231 Å². The second kappa shape index (κ2) is 37.9. The molecule has 7 N–H and O–H groups in total. The average Bonchev–Trinajstić information content (AvgIpc) is 3.31. The van der Waals surface area contributed by atoms with E-state index in [1.54, 1.807) is 0 Å².